The molecule has 1 spiro atoms. The van der Waals surface area contributed by atoms with Crippen molar-refractivity contribution >= 4 is 62.8 Å². The number of para-hydroxylation sites is 1. The van der Waals surface area contributed by atoms with Gasteiger partial charge in [-0.15, -0.1) is 24.9 Å². The lowest BCUT2D eigenvalue weighted by Gasteiger charge is -2.38. The molecule has 0 aliphatic carbocycles. The number of esters is 1. The van der Waals surface area contributed by atoms with Crippen LogP contribution in [0.25, 0.3) is 0 Å². The summed E-state index contributed by atoms with van der Waals surface area (Å²) >= 11 is 11.9. The van der Waals surface area contributed by atoms with Crippen molar-refractivity contribution in [3.63, 3.8) is 0 Å². The van der Waals surface area contributed by atoms with Gasteiger partial charge in [0.2, 0.25) is 5.91 Å². The average Bonchev–Trinajstić information content (AvgIpc) is 3.51. The molecule has 1 N–H and O–H groups in total. The molecule has 3 fully saturated rings. The van der Waals surface area contributed by atoms with Crippen LogP contribution in [0.2, 0.25) is 5.02 Å². The van der Waals surface area contributed by atoms with E-state index < -0.39 is 22.6 Å². The fourth-order valence-corrected chi connectivity index (χ4v) is 10.1. The third kappa shape index (κ3) is 5.69. The van der Waals surface area contributed by atoms with Crippen molar-refractivity contribution in [3.05, 3.63) is 54.6 Å². The van der Waals surface area contributed by atoms with Crippen molar-refractivity contribution < 1.29 is 24.2 Å². The maximum Gasteiger partial charge on any atom is 0.310 e. The van der Waals surface area contributed by atoms with Gasteiger partial charge in [-0.2, -0.15) is 0 Å². The van der Waals surface area contributed by atoms with Crippen LogP contribution in [0.1, 0.15) is 38.5 Å². The molecule has 0 radical (unpaired) electrons. The largest absolute Gasteiger partial charge is 0.465 e. The number of hydrogen-bond acceptors (Lipinski definition) is 6. The lowest BCUT2D eigenvalue weighted by molar-refractivity contribution is -0.154. The van der Waals surface area contributed by atoms with Crippen molar-refractivity contribution in [2.75, 3.05) is 31.2 Å². The van der Waals surface area contributed by atoms with Gasteiger partial charge >= 0.3 is 5.97 Å². The Balaban J connectivity index is 1.71. The van der Waals surface area contributed by atoms with Gasteiger partial charge in [-0.25, -0.2) is 0 Å². The van der Waals surface area contributed by atoms with Gasteiger partial charge in [0.1, 0.15) is 6.04 Å². The highest BCUT2D eigenvalue weighted by Gasteiger charge is 2.76. The number of likely N-dealkylation sites (tertiary alicyclic amines) is 1. The third-order valence-corrected chi connectivity index (χ3v) is 11.4. The summed E-state index contributed by atoms with van der Waals surface area (Å²) in [6.07, 6.45) is 7.54. The first kappa shape index (κ1) is 30.2. The van der Waals surface area contributed by atoms with E-state index in [9.17, 15) is 14.4 Å². The quantitative estimate of drug-likeness (QED) is 0.134. The lowest BCUT2D eigenvalue weighted by atomic mass is 9.71. The molecular weight excluding hydrogens is 604 g/mol. The molecule has 0 aromatic heterocycles. The topological polar surface area (TPSA) is 87.2 Å². The minimum atomic E-state index is -0.763. The zero-order chi connectivity index (χ0) is 28.2. The second kappa shape index (κ2) is 13.2. The minimum absolute atomic E-state index is 0.0310. The molecule has 1 aromatic rings. The summed E-state index contributed by atoms with van der Waals surface area (Å²) in [6.45, 7) is 8.52. The number of nitrogens with zero attached hydrogens (tertiary/aromatic N) is 2. The number of rotatable bonds is 14. The lowest BCUT2D eigenvalue weighted by Crippen LogP contribution is -2.55. The van der Waals surface area contributed by atoms with E-state index in [-0.39, 0.29) is 47.6 Å². The molecular formula is C29H36BrClN2O5S. The van der Waals surface area contributed by atoms with Crippen LogP contribution >= 0.6 is 39.3 Å². The molecule has 39 heavy (non-hydrogen) atoms. The Morgan fingerprint density at radius 1 is 1.23 bits per heavy atom. The van der Waals surface area contributed by atoms with Crippen LogP contribution in [0, 0.1) is 11.8 Å². The number of aliphatic hydroxyl groups excluding tert-OH is 1. The fourth-order valence-electron chi connectivity index (χ4n) is 6.26. The van der Waals surface area contributed by atoms with Crippen molar-refractivity contribution in [1.29, 1.82) is 0 Å². The molecule has 3 heterocycles. The number of carbonyl (C=O) groups excluding carboxylic acids is 3. The van der Waals surface area contributed by atoms with Crippen LogP contribution in [0.5, 0.6) is 0 Å². The van der Waals surface area contributed by atoms with Crippen LogP contribution in [-0.2, 0) is 19.1 Å². The number of halogens is 2. The van der Waals surface area contributed by atoms with Crippen LogP contribution in [0.15, 0.2) is 49.6 Å². The molecule has 7 nitrogen and oxygen atoms in total. The highest BCUT2D eigenvalue weighted by Crippen LogP contribution is 2.68. The monoisotopic (exact) mass is 638 g/mol. The van der Waals surface area contributed by atoms with Crippen LogP contribution in [0.4, 0.5) is 5.69 Å². The number of alkyl halides is 1. The average molecular weight is 640 g/mol. The normalized spacial score (nSPS) is 28.8. The predicted molar refractivity (Wildman–Crippen MR) is 159 cm³/mol. The van der Waals surface area contributed by atoms with E-state index in [0.717, 1.165) is 12.8 Å². The molecule has 10 heteroatoms. The van der Waals surface area contributed by atoms with E-state index in [0.29, 0.717) is 42.9 Å². The Bertz CT molecular complexity index is 1110. The van der Waals surface area contributed by atoms with E-state index in [1.807, 2.05) is 6.07 Å². The number of unbranched alkanes of at least 4 members (excludes halogenated alkanes) is 3. The second-order valence-electron chi connectivity index (χ2n) is 10.3. The van der Waals surface area contributed by atoms with Gasteiger partial charge in [-0.05, 0) is 37.8 Å². The molecule has 3 aliphatic heterocycles. The number of ether oxygens (including phenoxy) is 1. The summed E-state index contributed by atoms with van der Waals surface area (Å²) < 4.78 is 4.82. The van der Waals surface area contributed by atoms with Crippen LogP contribution in [0.3, 0.4) is 0 Å². The molecule has 2 bridgehead atoms. The van der Waals surface area contributed by atoms with E-state index in [1.165, 1.54) is 0 Å². The maximum atomic E-state index is 14.5. The number of fused-ring (bicyclic) bond motifs is 1. The van der Waals surface area contributed by atoms with Crippen molar-refractivity contribution in [2.45, 2.75) is 59.4 Å². The van der Waals surface area contributed by atoms with Gasteiger partial charge in [-0.3, -0.25) is 14.4 Å². The Labute approximate surface area is 248 Å². The minimum Gasteiger partial charge on any atom is -0.465 e. The highest BCUT2D eigenvalue weighted by atomic mass is 79.9. The molecule has 1 aromatic carbocycles. The summed E-state index contributed by atoms with van der Waals surface area (Å²) in [5, 5.41) is 9.42. The number of amides is 2. The molecule has 6 atom stereocenters. The Hall–Kier alpha value is -1.81. The second-order valence-corrected chi connectivity index (χ2v) is 13.4. The van der Waals surface area contributed by atoms with Gasteiger partial charge in [-0.1, -0.05) is 64.7 Å². The van der Waals surface area contributed by atoms with Gasteiger partial charge in [0.15, 0.2) is 0 Å². The Morgan fingerprint density at radius 2 is 1.97 bits per heavy atom. The summed E-state index contributed by atoms with van der Waals surface area (Å²) in [5.41, 5.74) is 0.563. The molecule has 0 saturated carbocycles. The van der Waals surface area contributed by atoms with Crippen molar-refractivity contribution in [1.82, 2.24) is 4.90 Å². The van der Waals surface area contributed by atoms with Gasteiger partial charge in [0.25, 0.3) is 5.91 Å². The summed E-state index contributed by atoms with van der Waals surface area (Å²) in [4.78, 5) is 45.3. The fraction of sp³-hybridized carbons (Fsp3) is 0.552. The van der Waals surface area contributed by atoms with Gasteiger partial charge < -0.3 is 19.6 Å². The summed E-state index contributed by atoms with van der Waals surface area (Å²) in [7, 11) is 0. The van der Waals surface area contributed by atoms with Crippen molar-refractivity contribution in [3.8, 4) is 0 Å². The van der Waals surface area contributed by atoms with E-state index >= 15 is 0 Å². The Morgan fingerprint density at radius 3 is 2.67 bits per heavy atom. The number of aliphatic hydroxyl groups is 1. The number of thioether (sulfide) groups is 1. The number of anilines is 1. The van der Waals surface area contributed by atoms with Crippen molar-refractivity contribution in [2.24, 2.45) is 11.8 Å². The van der Waals surface area contributed by atoms with Crippen LogP contribution < -0.4 is 4.90 Å². The predicted octanol–water partition coefficient (Wildman–Crippen LogP) is 5.00. The van der Waals surface area contributed by atoms with Gasteiger partial charge in [0.05, 0.1) is 33.9 Å². The number of carbonyl (C=O) groups is 3. The highest BCUT2D eigenvalue weighted by molar-refractivity contribution is 9.09. The third-order valence-electron chi connectivity index (χ3n) is 7.89. The standard InChI is InChI=1S/C29H36BrClN2O5S/c1-3-5-17-38-28(37)22-23-26(35)33(15-10-6-7-11-16-34)25(29(23)18-19(30)24(22)39-29)27(36)32(14-4-2)21-13-9-8-12-20(21)31/h3-4,8-9,12-13,19,22-25,34H,1-2,5-7,10-11,14-18H2/t19?,22-,23+,24-,25?,29?/m1/s1. The van der Waals surface area contributed by atoms with Crippen LogP contribution in [-0.4, -0.2) is 75.0 Å². The number of benzene rings is 1. The first-order valence-electron chi connectivity index (χ1n) is 13.5. The Kier molecular flexibility index (Phi) is 10.2. The SMILES string of the molecule is C=CCCOC(=O)[C@H]1[C@@H]2SC3(CC2Br)C(C(=O)N(CC=C)c2ccccc2Cl)N(CCCCCCO)C(=O)[C@H]13. The zero-order valence-corrected chi connectivity index (χ0v) is 25.1. The number of hydrogen-bond donors (Lipinski definition) is 1. The van der Waals surface area contributed by atoms with E-state index in [1.54, 1.807) is 51.9 Å². The first-order valence-corrected chi connectivity index (χ1v) is 15.7. The zero-order valence-electron chi connectivity index (χ0n) is 22.0. The molecule has 3 saturated heterocycles. The molecule has 2 amide bonds. The van der Waals surface area contributed by atoms with Gasteiger partial charge in [0, 0.05) is 29.8 Å². The smallest absolute Gasteiger partial charge is 0.310 e. The molecule has 4 rings (SSSR count). The summed E-state index contributed by atoms with van der Waals surface area (Å²) in [5.74, 6) is -2.03. The summed E-state index contributed by atoms with van der Waals surface area (Å²) in [6, 6.07) is 6.40. The molecule has 3 unspecified atom stereocenters. The van der Waals surface area contributed by atoms with E-state index in [2.05, 4.69) is 29.1 Å². The maximum absolute atomic E-state index is 14.5. The molecule has 212 valence electrons. The van der Waals surface area contributed by atoms with E-state index in [4.69, 9.17) is 21.4 Å². The first-order chi connectivity index (χ1) is 18.8. The molecule has 3 aliphatic rings.